The molecule has 6 nitrogen and oxygen atoms in total. The zero-order chi connectivity index (χ0) is 18.2. The highest BCUT2D eigenvalue weighted by Crippen LogP contribution is 2.19. The summed E-state index contributed by atoms with van der Waals surface area (Å²) >= 11 is 0. The van der Waals surface area contributed by atoms with Gasteiger partial charge in [0.1, 0.15) is 0 Å². The van der Waals surface area contributed by atoms with Gasteiger partial charge < -0.3 is 19.4 Å². The van der Waals surface area contributed by atoms with Crippen molar-refractivity contribution in [2.75, 3.05) is 26.2 Å². The van der Waals surface area contributed by atoms with E-state index in [1.165, 1.54) is 0 Å². The zero-order valence-electron chi connectivity index (χ0n) is 15.8. The van der Waals surface area contributed by atoms with Crippen LogP contribution in [0.3, 0.4) is 0 Å². The van der Waals surface area contributed by atoms with Gasteiger partial charge in [0.15, 0.2) is 18.0 Å². The number of hydrogen-bond donors (Lipinski definition) is 1. The molecule has 0 bridgehead atoms. The molecule has 2 aromatic rings. The van der Waals surface area contributed by atoms with Gasteiger partial charge in [-0.25, -0.2) is 4.98 Å². The summed E-state index contributed by atoms with van der Waals surface area (Å²) in [6.07, 6.45) is 5.96. The second-order valence-corrected chi connectivity index (χ2v) is 6.25. The van der Waals surface area contributed by atoms with Crippen LogP contribution in [0, 0.1) is 0 Å². The van der Waals surface area contributed by atoms with Crippen molar-refractivity contribution in [2.45, 2.75) is 46.6 Å². The minimum atomic E-state index is -0.00355. The number of carbonyl (C=O) groups is 1. The van der Waals surface area contributed by atoms with Gasteiger partial charge in [0.2, 0.25) is 0 Å². The van der Waals surface area contributed by atoms with Gasteiger partial charge in [0, 0.05) is 37.9 Å². The van der Waals surface area contributed by atoms with Crippen LogP contribution in [0.2, 0.25) is 0 Å². The molecule has 0 radical (unpaired) electrons. The Hall–Kier alpha value is -2.08. The van der Waals surface area contributed by atoms with Crippen LogP contribution in [0.15, 0.2) is 24.5 Å². The van der Waals surface area contributed by atoms with Gasteiger partial charge in [-0.15, -0.1) is 0 Å². The fraction of sp³-hybridized carbons (Fsp3) is 0.579. The Morgan fingerprint density at radius 2 is 2.12 bits per heavy atom. The maximum Gasteiger partial charge on any atom is 0.260 e. The molecule has 0 aliphatic carbocycles. The van der Waals surface area contributed by atoms with E-state index in [4.69, 9.17) is 9.72 Å². The average molecular weight is 346 g/mol. The minimum Gasteiger partial charge on any atom is -0.480 e. The van der Waals surface area contributed by atoms with Crippen LogP contribution in [0.5, 0.6) is 5.75 Å². The zero-order valence-corrected chi connectivity index (χ0v) is 15.8. The molecule has 1 unspecified atom stereocenters. The van der Waals surface area contributed by atoms with Crippen molar-refractivity contribution in [3.05, 3.63) is 30.2 Å². The number of aromatic nitrogens is 2. The number of likely N-dealkylation sites (N-methyl/N-ethyl adjacent to an activating group) is 1. The molecular weight excluding hydrogens is 316 g/mol. The second kappa shape index (κ2) is 9.42. The average Bonchev–Trinajstić information content (AvgIpc) is 3.02. The van der Waals surface area contributed by atoms with Gasteiger partial charge in [-0.3, -0.25) is 4.79 Å². The summed E-state index contributed by atoms with van der Waals surface area (Å²) in [5, 5.41) is 3.47. The molecule has 0 fully saturated rings. The molecule has 25 heavy (non-hydrogen) atoms. The molecule has 2 rings (SSSR count). The molecule has 0 spiro atoms. The first kappa shape index (κ1) is 19.2. The van der Waals surface area contributed by atoms with Crippen LogP contribution in [-0.4, -0.2) is 52.5 Å². The lowest BCUT2D eigenvalue weighted by molar-refractivity contribution is -0.132. The standard InChI is InChI=1S/C19H30N4O2/c1-5-10-20-15(4)12-16-13-23-11-8-9-17(19(23)21-16)25-14-18(24)22(6-2)7-3/h8-9,11,13,15,20H,5-7,10,12,14H2,1-4H3. The normalized spacial score (nSPS) is 12.3. The van der Waals surface area contributed by atoms with E-state index in [2.05, 4.69) is 19.2 Å². The topological polar surface area (TPSA) is 58.9 Å². The monoisotopic (exact) mass is 346 g/mol. The molecule has 1 N–H and O–H groups in total. The Morgan fingerprint density at radius 3 is 2.80 bits per heavy atom. The molecule has 0 aliphatic rings. The van der Waals surface area contributed by atoms with Gasteiger partial charge in [0.05, 0.1) is 5.69 Å². The predicted octanol–water partition coefficient (Wildman–Crippen LogP) is 2.51. The van der Waals surface area contributed by atoms with Crippen molar-refractivity contribution >= 4 is 11.6 Å². The van der Waals surface area contributed by atoms with Crippen molar-refractivity contribution in [2.24, 2.45) is 0 Å². The quantitative estimate of drug-likeness (QED) is 0.718. The fourth-order valence-electron chi connectivity index (χ4n) is 2.83. The van der Waals surface area contributed by atoms with Crippen LogP contribution < -0.4 is 10.1 Å². The highest BCUT2D eigenvalue weighted by Gasteiger charge is 2.13. The van der Waals surface area contributed by atoms with Crippen LogP contribution in [0.4, 0.5) is 0 Å². The summed E-state index contributed by atoms with van der Waals surface area (Å²) in [5.74, 6) is 0.639. The molecule has 0 saturated carbocycles. The molecule has 1 atom stereocenters. The lowest BCUT2D eigenvalue weighted by Crippen LogP contribution is -2.34. The van der Waals surface area contributed by atoms with Crippen LogP contribution in [0.25, 0.3) is 5.65 Å². The Labute approximate surface area is 150 Å². The highest BCUT2D eigenvalue weighted by molar-refractivity contribution is 5.78. The number of fused-ring (bicyclic) bond motifs is 1. The van der Waals surface area contributed by atoms with E-state index in [9.17, 15) is 4.79 Å². The second-order valence-electron chi connectivity index (χ2n) is 6.25. The summed E-state index contributed by atoms with van der Waals surface area (Å²) in [7, 11) is 0. The number of hydrogen-bond acceptors (Lipinski definition) is 4. The maximum absolute atomic E-state index is 12.1. The first-order valence-electron chi connectivity index (χ1n) is 9.19. The van der Waals surface area contributed by atoms with E-state index in [0.29, 0.717) is 24.9 Å². The van der Waals surface area contributed by atoms with Gasteiger partial charge in [-0.1, -0.05) is 6.92 Å². The van der Waals surface area contributed by atoms with Gasteiger partial charge in [-0.05, 0) is 45.9 Å². The van der Waals surface area contributed by atoms with E-state index in [1.54, 1.807) is 4.90 Å². The van der Waals surface area contributed by atoms with Crippen LogP contribution in [-0.2, 0) is 11.2 Å². The summed E-state index contributed by atoms with van der Waals surface area (Å²) in [4.78, 5) is 18.6. The van der Waals surface area contributed by atoms with E-state index >= 15 is 0 Å². The number of nitrogens with zero attached hydrogens (tertiary/aromatic N) is 3. The lowest BCUT2D eigenvalue weighted by atomic mass is 10.2. The molecule has 138 valence electrons. The van der Waals surface area contributed by atoms with E-state index in [0.717, 1.165) is 30.7 Å². The number of carbonyl (C=O) groups excluding carboxylic acids is 1. The van der Waals surface area contributed by atoms with Crippen LogP contribution >= 0.6 is 0 Å². The number of amides is 1. The maximum atomic E-state index is 12.1. The third kappa shape index (κ3) is 5.19. The van der Waals surface area contributed by atoms with Crippen molar-refractivity contribution < 1.29 is 9.53 Å². The predicted molar refractivity (Wildman–Crippen MR) is 100 cm³/mol. The first-order chi connectivity index (χ1) is 12.1. The number of rotatable bonds is 10. The molecule has 0 aromatic carbocycles. The largest absolute Gasteiger partial charge is 0.480 e. The Bertz CT molecular complexity index is 679. The third-order valence-corrected chi connectivity index (χ3v) is 4.22. The third-order valence-electron chi connectivity index (χ3n) is 4.22. The first-order valence-corrected chi connectivity index (χ1v) is 9.19. The number of pyridine rings is 1. The fourth-order valence-corrected chi connectivity index (χ4v) is 2.83. The van der Waals surface area contributed by atoms with Gasteiger partial charge >= 0.3 is 0 Å². The Balaban J connectivity index is 2.07. The summed E-state index contributed by atoms with van der Waals surface area (Å²) in [5.41, 5.74) is 1.77. The Morgan fingerprint density at radius 1 is 1.36 bits per heavy atom. The van der Waals surface area contributed by atoms with Gasteiger partial charge in [-0.2, -0.15) is 0 Å². The van der Waals surface area contributed by atoms with E-state index in [-0.39, 0.29) is 12.5 Å². The molecule has 6 heteroatoms. The van der Waals surface area contributed by atoms with E-state index in [1.807, 2.05) is 42.8 Å². The minimum absolute atomic E-state index is 0.00355. The number of nitrogens with one attached hydrogen (secondary N) is 1. The van der Waals surface area contributed by atoms with Gasteiger partial charge in [0.25, 0.3) is 5.91 Å². The molecular formula is C19H30N4O2. The van der Waals surface area contributed by atoms with Crippen molar-refractivity contribution in [3.63, 3.8) is 0 Å². The summed E-state index contributed by atoms with van der Waals surface area (Å²) < 4.78 is 7.72. The SMILES string of the molecule is CCCNC(C)Cc1cn2cccc(OCC(=O)N(CC)CC)c2n1. The van der Waals surface area contributed by atoms with Crippen molar-refractivity contribution in [3.8, 4) is 5.75 Å². The van der Waals surface area contributed by atoms with Crippen LogP contribution in [0.1, 0.15) is 39.8 Å². The van der Waals surface area contributed by atoms with E-state index < -0.39 is 0 Å². The van der Waals surface area contributed by atoms with Crippen molar-refractivity contribution in [1.82, 2.24) is 19.6 Å². The number of ether oxygens (including phenoxy) is 1. The summed E-state index contributed by atoms with van der Waals surface area (Å²) in [6, 6.07) is 4.15. The highest BCUT2D eigenvalue weighted by atomic mass is 16.5. The number of imidazole rings is 1. The Kier molecular flexibility index (Phi) is 7.25. The van der Waals surface area contributed by atoms with Crippen molar-refractivity contribution in [1.29, 1.82) is 0 Å². The summed E-state index contributed by atoms with van der Waals surface area (Å²) in [6.45, 7) is 10.7. The molecule has 1 amide bonds. The molecule has 0 aliphatic heterocycles. The molecule has 0 saturated heterocycles. The lowest BCUT2D eigenvalue weighted by Gasteiger charge is -2.18. The smallest absolute Gasteiger partial charge is 0.260 e. The molecule has 2 heterocycles. The molecule has 2 aromatic heterocycles.